The minimum atomic E-state index is -0.417. The van der Waals surface area contributed by atoms with Gasteiger partial charge in [-0.2, -0.15) is 0 Å². The largest absolute Gasteiger partial charge is 0.310 e. The lowest BCUT2D eigenvalue weighted by atomic mass is 9.93. The summed E-state index contributed by atoms with van der Waals surface area (Å²) >= 11 is 12.2. The summed E-state index contributed by atoms with van der Waals surface area (Å²) in [6.07, 6.45) is 3.66. The van der Waals surface area contributed by atoms with Crippen LogP contribution in [-0.2, 0) is 0 Å². The van der Waals surface area contributed by atoms with Gasteiger partial charge in [-0.05, 0) is 70.9 Å². The summed E-state index contributed by atoms with van der Waals surface area (Å²) in [5, 5.41) is 4.06. The predicted molar refractivity (Wildman–Crippen MR) is 87.7 cm³/mol. The fraction of sp³-hybridized carbons (Fsp3) is 0.625. The van der Waals surface area contributed by atoms with Gasteiger partial charge in [0.1, 0.15) is 5.82 Å². The summed E-state index contributed by atoms with van der Waals surface area (Å²) in [6, 6.07) is 2.82. The molecule has 1 heterocycles. The van der Waals surface area contributed by atoms with E-state index in [-0.39, 0.29) is 11.1 Å². The van der Waals surface area contributed by atoms with Crippen LogP contribution in [0.1, 0.15) is 37.8 Å². The first kappa shape index (κ1) is 17.0. The highest BCUT2D eigenvalue weighted by Crippen LogP contribution is 2.32. The summed E-state index contributed by atoms with van der Waals surface area (Å²) in [7, 11) is 2.17. The Kier molecular flexibility index (Phi) is 6.30. The number of nitrogens with zero attached hydrogens (tertiary/aromatic N) is 1. The van der Waals surface area contributed by atoms with E-state index in [2.05, 4.69) is 17.3 Å². The van der Waals surface area contributed by atoms with E-state index < -0.39 is 5.82 Å². The highest BCUT2D eigenvalue weighted by Gasteiger charge is 2.19. The van der Waals surface area contributed by atoms with Gasteiger partial charge in [-0.15, -0.1) is 0 Å². The molecule has 1 aliphatic heterocycles. The zero-order valence-corrected chi connectivity index (χ0v) is 14.1. The van der Waals surface area contributed by atoms with Gasteiger partial charge in [-0.3, -0.25) is 0 Å². The highest BCUT2D eigenvalue weighted by molar-refractivity contribution is 6.36. The van der Waals surface area contributed by atoms with Crippen molar-refractivity contribution in [2.45, 2.75) is 32.2 Å². The van der Waals surface area contributed by atoms with E-state index in [1.54, 1.807) is 6.07 Å². The van der Waals surface area contributed by atoms with Gasteiger partial charge in [-0.25, -0.2) is 4.39 Å². The molecule has 1 N–H and O–H groups in total. The standard InChI is InChI=1S/C16H23Cl2FN2/c1-11(15-13(17)3-4-14(19)16(15)18)20-8-5-12-6-9-21(2)10-7-12/h3-4,11-12,20H,5-10H2,1-2H3. The van der Waals surface area contributed by atoms with Crippen molar-refractivity contribution < 1.29 is 4.39 Å². The highest BCUT2D eigenvalue weighted by atomic mass is 35.5. The van der Waals surface area contributed by atoms with Crippen molar-refractivity contribution >= 4 is 23.2 Å². The summed E-state index contributed by atoms with van der Waals surface area (Å²) < 4.78 is 13.5. The van der Waals surface area contributed by atoms with Crippen molar-refractivity contribution in [3.8, 4) is 0 Å². The number of nitrogens with one attached hydrogen (secondary N) is 1. The molecule has 0 bridgehead atoms. The van der Waals surface area contributed by atoms with E-state index in [0.717, 1.165) is 18.9 Å². The van der Waals surface area contributed by atoms with Gasteiger partial charge in [0, 0.05) is 16.6 Å². The lowest BCUT2D eigenvalue weighted by Crippen LogP contribution is -2.32. The molecule has 2 nitrogen and oxygen atoms in total. The van der Waals surface area contributed by atoms with Crippen LogP contribution in [0.15, 0.2) is 12.1 Å². The predicted octanol–water partition coefficient (Wildman–Crippen LogP) is 4.52. The Morgan fingerprint density at radius 2 is 2.00 bits per heavy atom. The smallest absolute Gasteiger partial charge is 0.142 e. The van der Waals surface area contributed by atoms with E-state index in [1.165, 1.54) is 32.0 Å². The Labute approximate surface area is 136 Å². The average Bonchev–Trinajstić information content (AvgIpc) is 2.45. The van der Waals surface area contributed by atoms with E-state index in [4.69, 9.17) is 23.2 Å². The molecule has 0 amide bonds. The maximum Gasteiger partial charge on any atom is 0.142 e. The lowest BCUT2D eigenvalue weighted by molar-refractivity contribution is 0.211. The molecule has 0 radical (unpaired) electrons. The molecule has 1 aromatic carbocycles. The van der Waals surface area contributed by atoms with Gasteiger partial charge in [0.2, 0.25) is 0 Å². The van der Waals surface area contributed by atoms with Crippen LogP contribution in [0, 0.1) is 11.7 Å². The first-order chi connectivity index (χ1) is 9.99. The van der Waals surface area contributed by atoms with Crippen molar-refractivity contribution in [1.29, 1.82) is 0 Å². The van der Waals surface area contributed by atoms with Gasteiger partial charge < -0.3 is 10.2 Å². The minimum Gasteiger partial charge on any atom is -0.310 e. The van der Waals surface area contributed by atoms with Crippen molar-refractivity contribution in [3.05, 3.63) is 33.6 Å². The van der Waals surface area contributed by atoms with Gasteiger partial charge in [-0.1, -0.05) is 23.2 Å². The number of benzene rings is 1. The molecule has 118 valence electrons. The van der Waals surface area contributed by atoms with Crippen LogP contribution in [0.4, 0.5) is 4.39 Å². The molecule has 5 heteroatoms. The Morgan fingerprint density at radius 1 is 1.33 bits per heavy atom. The number of halogens is 3. The van der Waals surface area contributed by atoms with Gasteiger partial charge in [0.25, 0.3) is 0 Å². The molecule has 0 aromatic heterocycles. The number of hydrogen-bond donors (Lipinski definition) is 1. The molecule has 0 aliphatic carbocycles. The third kappa shape index (κ3) is 4.56. The Balaban J connectivity index is 1.85. The molecule has 21 heavy (non-hydrogen) atoms. The summed E-state index contributed by atoms with van der Waals surface area (Å²) in [6.45, 7) is 5.24. The van der Waals surface area contributed by atoms with Gasteiger partial charge in [0.15, 0.2) is 0 Å². The fourth-order valence-corrected chi connectivity index (χ4v) is 3.59. The zero-order valence-electron chi connectivity index (χ0n) is 12.6. The van der Waals surface area contributed by atoms with Crippen LogP contribution >= 0.6 is 23.2 Å². The summed E-state index contributed by atoms with van der Waals surface area (Å²) in [5.74, 6) is 0.361. The van der Waals surface area contributed by atoms with Crippen LogP contribution in [0.25, 0.3) is 0 Å². The zero-order chi connectivity index (χ0) is 15.4. The molecule has 0 saturated carbocycles. The first-order valence-electron chi connectivity index (χ1n) is 7.54. The van der Waals surface area contributed by atoms with E-state index in [0.29, 0.717) is 10.6 Å². The summed E-state index contributed by atoms with van der Waals surface area (Å²) in [4.78, 5) is 2.37. The second kappa shape index (κ2) is 7.77. The second-order valence-electron chi connectivity index (χ2n) is 5.97. The number of piperidine rings is 1. The van der Waals surface area contributed by atoms with E-state index >= 15 is 0 Å². The molecule has 0 spiro atoms. The monoisotopic (exact) mass is 332 g/mol. The molecule has 1 aliphatic rings. The third-order valence-electron chi connectivity index (χ3n) is 4.35. The van der Waals surface area contributed by atoms with Crippen molar-refractivity contribution in [2.75, 3.05) is 26.7 Å². The SMILES string of the molecule is CC(NCCC1CCN(C)CC1)c1c(Cl)ccc(F)c1Cl. The van der Waals surface area contributed by atoms with Crippen LogP contribution in [0.2, 0.25) is 10.0 Å². The van der Waals surface area contributed by atoms with E-state index in [1.807, 2.05) is 6.92 Å². The van der Waals surface area contributed by atoms with Crippen LogP contribution in [-0.4, -0.2) is 31.6 Å². The Morgan fingerprint density at radius 3 is 2.67 bits per heavy atom. The van der Waals surface area contributed by atoms with E-state index in [9.17, 15) is 4.39 Å². The van der Waals surface area contributed by atoms with Crippen LogP contribution in [0.5, 0.6) is 0 Å². The number of rotatable bonds is 5. The first-order valence-corrected chi connectivity index (χ1v) is 8.30. The summed E-state index contributed by atoms with van der Waals surface area (Å²) in [5.41, 5.74) is 0.654. The van der Waals surface area contributed by atoms with Gasteiger partial charge in [0.05, 0.1) is 5.02 Å². The second-order valence-corrected chi connectivity index (χ2v) is 6.75. The Bertz CT molecular complexity index is 474. The topological polar surface area (TPSA) is 15.3 Å². The normalized spacial score (nSPS) is 18.9. The number of hydrogen-bond acceptors (Lipinski definition) is 2. The molecule has 2 rings (SSSR count). The maximum absolute atomic E-state index is 13.5. The van der Waals surface area contributed by atoms with Crippen molar-refractivity contribution in [1.82, 2.24) is 10.2 Å². The molecular weight excluding hydrogens is 310 g/mol. The fourth-order valence-electron chi connectivity index (χ4n) is 2.90. The molecule has 1 saturated heterocycles. The quantitative estimate of drug-likeness (QED) is 0.797. The molecule has 1 fully saturated rings. The number of likely N-dealkylation sites (tertiary alicyclic amines) is 1. The Hall–Kier alpha value is -0.350. The average molecular weight is 333 g/mol. The molecule has 1 atom stereocenters. The molecular formula is C16H23Cl2FN2. The molecule has 1 aromatic rings. The minimum absolute atomic E-state index is 0.0491. The van der Waals surface area contributed by atoms with Crippen molar-refractivity contribution in [3.63, 3.8) is 0 Å². The van der Waals surface area contributed by atoms with Crippen LogP contribution in [0.3, 0.4) is 0 Å². The third-order valence-corrected chi connectivity index (χ3v) is 5.07. The molecule has 1 unspecified atom stereocenters. The lowest BCUT2D eigenvalue weighted by Gasteiger charge is -2.29. The van der Waals surface area contributed by atoms with Gasteiger partial charge >= 0.3 is 0 Å². The van der Waals surface area contributed by atoms with Crippen molar-refractivity contribution in [2.24, 2.45) is 5.92 Å². The maximum atomic E-state index is 13.5. The van der Waals surface area contributed by atoms with Crippen LogP contribution < -0.4 is 5.32 Å².